The van der Waals surface area contributed by atoms with Crippen LogP contribution in [0.3, 0.4) is 0 Å². The van der Waals surface area contributed by atoms with Gasteiger partial charge in [-0.05, 0) is 86.1 Å². The number of para-hydroxylation sites is 1. The Morgan fingerprint density at radius 3 is 2.34 bits per heavy atom. The Bertz CT molecular complexity index is 1420. The van der Waals surface area contributed by atoms with E-state index in [1.165, 1.54) is 17.3 Å². The van der Waals surface area contributed by atoms with Crippen LogP contribution in [0, 0.1) is 32.1 Å². The van der Waals surface area contributed by atoms with Gasteiger partial charge in [0.05, 0.1) is 5.25 Å². The normalized spacial score (nSPS) is 16.3. The number of unbranched alkanes of at least 4 members (excludes halogenated alkanes) is 1. The third-order valence-corrected chi connectivity index (χ3v) is 8.17. The maximum absolute atomic E-state index is 13.8. The van der Waals surface area contributed by atoms with Crippen molar-refractivity contribution >= 4 is 35.0 Å². The number of nitrogens with zero attached hydrogens (tertiary/aromatic N) is 2. The second-order valence-electron chi connectivity index (χ2n) is 9.73. The van der Waals surface area contributed by atoms with E-state index in [4.69, 9.17) is 0 Å². The summed E-state index contributed by atoms with van der Waals surface area (Å²) in [6.07, 6.45) is 3.86. The number of carbonyl (C=O) groups excluding carboxylic acids is 2. The van der Waals surface area contributed by atoms with Gasteiger partial charge in [0.15, 0.2) is 0 Å². The lowest BCUT2D eigenvalue weighted by atomic mass is 10.0. The molecule has 1 saturated heterocycles. The Hall–Kier alpha value is -3.82. The highest BCUT2D eigenvalue weighted by Gasteiger charge is 2.41. The van der Waals surface area contributed by atoms with Crippen LogP contribution in [-0.4, -0.2) is 17.1 Å². The standard InChI is InChI=1S/C32H33N3O2S/c1-5-6-10-24-13-15-25(16-14-24)19-29-31(37)35(26-17-12-21(2)23(4)18-26)32(38-29)27(20-33)30(36)34-28-11-8-7-9-22(28)3/h7-9,11-18,29H,5-6,10,19H2,1-4H3,(H,34,36)/b32-27-. The molecule has 0 aliphatic carbocycles. The zero-order chi connectivity index (χ0) is 27.2. The van der Waals surface area contributed by atoms with Gasteiger partial charge in [0.2, 0.25) is 5.91 Å². The average molecular weight is 524 g/mol. The van der Waals surface area contributed by atoms with E-state index in [2.05, 4.69) is 42.6 Å². The number of nitriles is 1. The van der Waals surface area contributed by atoms with Gasteiger partial charge in [0.1, 0.15) is 16.7 Å². The molecule has 1 N–H and O–H groups in total. The second kappa shape index (κ2) is 12.1. The summed E-state index contributed by atoms with van der Waals surface area (Å²) in [5, 5.41) is 12.9. The number of carbonyl (C=O) groups is 2. The summed E-state index contributed by atoms with van der Waals surface area (Å²) in [7, 11) is 0. The van der Waals surface area contributed by atoms with Gasteiger partial charge in [-0.1, -0.05) is 73.6 Å². The first-order chi connectivity index (χ1) is 18.3. The lowest BCUT2D eigenvalue weighted by molar-refractivity contribution is -0.117. The van der Waals surface area contributed by atoms with Crippen molar-refractivity contribution < 1.29 is 9.59 Å². The molecule has 0 radical (unpaired) electrons. The van der Waals surface area contributed by atoms with Gasteiger partial charge in [-0.25, -0.2) is 0 Å². The molecule has 1 atom stereocenters. The summed E-state index contributed by atoms with van der Waals surface area (Å²) in [4.78, 5) is 28.7. The quantitative estimate of drug-likeness (QED) is 0.254. The Labute approximate surface area is 229 Å². The van der Waals surface area contributed by atoms with Crippen LogP contribution in [0.15, 0.2) is 77.3 Å². The van der Waals surface area contributed by atoms with Crippen LogP contribution in [0.1, 0.15) is 47.6 Å². The minimum absolute atomic E-state index is 0.0674. The number of hydrogen-bond acceptors (Lipinski definition) is 4. The molecule has 4 rings (SSSR count). The Kier molecular flexibility index (Phi) is 8.70. The van der Waals surface area contributed by atoms with Crippen molar-refractivity contribution in [2.45, 2.75) is 58.6 Å². The molecule has 1 unspecified atom stereocenters. The summed E-state index contributed by atoms with van der Waals surface area (Å²) in [6.45, 7) is 8.08. The minimum atomic E-state index is -0.521. The van der Waals surface area contributed by atoms with Crippen molar-refractivity contribution in [3.63, 3.8) is 0 Å². The molecule has 0 aromatic heterocycles. The van der Waals surface area contributed by atoms with Gasteiger partial charge in [-0.3, -0.25) is 14.5 Å². The molecule has 3 aromatic carbocycles. The molecular formula is C32H33N3O2S. The molecule has 6 heteroatoms. The van der Waals surface area contributed by atoms with Crippen molar-refractivity contribution in [2.24, 2.45) is 0 Å². The predicted molar refractivity (Wildman–Crippen MR) is 156 cm³/mol. The molecule has 194 valence electrons. The average Bonchev–Trinajstić information content (AvgIpc) is 3.22. The molecule has 0 spiro atoms. The van der Waals surface area contributed by atoms with E-state index >= 15 is 0 Å². The van der Waals surface area contributed by atoms with E-state index in [9.17, 15) is 14.9 Å². The van der Waals surface area contributed by atoms with E-state index < -0.39 is 11.2 Å². The third kappa shape index (κ3) is 6.00. The number of anilines is 2. The largest absolute Gasteiger partial charge is 0.321 e. The molecule has 5 nitrogen and oxygen atoms in total. The van der Waals surface area contributed by atoms with E-state index in [0.29, 0.717) is 22.8 Å². The Morgan fingerprint density at radius 2 is 1.68 bits per heavy atom. The van der Waals surface area contributed by atoms with Crippen LogP contribution in [0.5, 0.6) is 0 Å². The predicted octanol–water partition coefficient (Wildman–Crippen LogP) is 7.02. The van der Waals surface area contributed by atoms with Crippen molar-refractivity contribution in [1.82, 2.24) is 0 Å². The van der Waals surface area contributed by atoms with Crippen molar-refractivity contribution in [2.75, 3.05) is 10.2 Å². The van der Waals surface area contributed by atoms with Crippen molar-refractivity contribution in [1.29, 1.82) is 5.26 Å². The van der Waals surface area contributed by atoms with Crippen molar-refractivity contribution in [3.8, 4) is 6.07 Å². The zero-order valence-electron chi connectivity index (χ0n) is 22.4. The second-order valence-corrected chi connectivity index (χ2v) is 10.9. The first-order valence-corrected chi connectivity index (χ1v) is 13.9. The number of hydrogen-bond donors (Lipinski definition) is 1. The highest BCUT2D eigenvalue weighted by atomic mass is 32.2. The van der Waals surface area contributed by atoms with Gasteiger partial charge in [0, 0.05) is 11.4 Å². The van der Waals surface area contributed by atoms with Gasteiger partial charge in [-0.2, -0.15) is 5.26 Å². The number of amides is 2. The first kappa shape index (κ1) is 27.2. The lowest BCUT2D eigenvalue weighted by Crippen LogP contribution is -2.31. The van der Waals surface area contributed by atoms with Crippen LogP contribution >= 0.6 is 11.8 Å². The molecule has 1 aliphatic heterocycles. The lowest BCUT2D eigenvalue weighted by Gasteiger charge is -2.20. The molecule has 2 amide bonds. The maximum atomic E-state index is 13.8. The van der Waals surface area contributed by atoms with Crippen LogP contribution < -0.4 is 10.2 Å². The number of rotatable bonds is 8. The smallest absolute Gasteiger partial charge is 0.269 e. The summed E-state index contributed by atoms with van der Waals surface area (Å²) < 4.78 is 0. The van der Waals surface area contributed by atoms with Crippen LogP contribution in [-0.2, 0) is 22.4 Å². The molecule has 38 heavy (non-hydrogen) atoms. The minimum Gasteiger partial charge on any atom is -0.321 e. The van der Waals surface area contributed by atoms with E-state index in [1.807, 2.05) is 57.2 Å². The number of benzene rings is 3. The number of nitrogens with one attached hydrogen (secondary N) is 1. The van der Waals surface area contributed by atoms with E-state index in [-0.39, 0.29) is 11.5 Å². The highest BCUT2D eigenvalue weighted by Crippen LogP contribution is 2.42. The van der Waals surface area contributed by atoms with Crippen LogP contribution in [0.25, 0.3) is 0 Å². The maximum Gasteiger partial charge on any atom is 0.269 e. The fraction of sp³-hybridized carbons (Fsp3) is 0.281. The SMILES string of the molecule is CCCCc1ccc(CC2S/C(=C(/C#N)C(=O)Nc3ccccc3C)N(c3ccc(C)c(C)c3)C2=O)cc1. The molecule has 1 fully saturated rings. The molecule has 1 aliphatic rings. The zero-order valence-corrected chi connectivity index (χ0v) is 23.2. The van der Waals surface area contributed by atoms with Crippen LogP contribution in [0.2, 0.25) is 0 Å². The Morgan fingerprint density at radius 1 is 0.974 bits per heavy atom. The van der Waals surface area contributed by atoms with Gasteiger partial charge in [-0.15, -0.1) is 0 Å². The summed E-state index contributed by atoms with van der Waals surface area (Å²) in [5.74, 6) is -0.647. The molecule has 0 bridgehead atoms. The highest BCUT2D eigenvalue weighted by molar-refractivity contribution is 8.05. The molecular weight excluding hydrogens is 490 g/mol. The molecule has 0 saturated carbocycles. The fourth-order valence-electron chi connectivity index (χ4n) is 4.42. The van der Waals surface area contributed by atoms with Gasteiger partial charge in [0.25, 0.3) is 5.91 Å². The van der Waals surface area contributed by atoms with Gasteiger partial charge >= 0.3 is 0 Å². The fourth-order valence-corrected chi connectivity index (χ4v) is 5.73. The number of thioether (sulfide) groups is 1. The van der Waals surface area contributed by atoms with E-state index in [0.717, 1.165) is 41.5 Å². The monoisotopic (exact) mass is 523 g/mol. The van der Waals surface area contributed by atoms with Crippen LogP contribution in [0.4, 0.5) is 11.4 Å². The third-order valence-electron chi connectivity index (χ3n) is 6.91. The first-order valence-electron chi connectivity index (χ1n) is 13.0. The topological polar surface area (TPSA) is 73.2 Å². The number of aryl methyl sites for hydroxylation is 4. The summed E-state index contributed by atoms with van der Waals surface area (Å²) in [5.41, 5.74) is 6.61. The summed E-state index contributed by atoms with van der Waals surface area (Å²) >= 11 is 1.29. The van der Waals surface area contributed by atoms with E-state index in [1.54, 1.807) is 11.0 Å². The summed E-state index contributed by atoms with van der Waals surface area (Å²) in [6, 6.07) is 23.7. The van der Waals surface area contributed by atoms with Crippen molar-refractivity contribution in [3.05, 3.63) is 105 Å². The van der Waals surface area contributed by atoms with Gasteiger partial charge < -0.3 is 5.32 Å². The Balaban J connectivity index is 1.69. The molecule has 1 heterocycles. The molecule has 3 aromatic rings.